The second kappa shape index (κ2) is 6.40. The summed E-state index contributed by atoms with van der Waals surface area (Å²) in [6.45, 7) is 8.84. The predicted molar refractivity (Wildman–Crippen MR) is 82.8 cm³/mol. The Morgan fingerprint density at radius 2 is 1.70 bits per heavy atom. The minimum absolute atomic E-state index is 0.0787. The molecule has 0 aromatic heterocycles. The van der Waals surface area contributed by atoms with Crippen LogP contribution in [0.4, 0.5) is 0 Å². The summed E-state index contributed by atoms with van der Waals surface area (Å²) >= 11 is 0. The maximum atomic E-state index is 12.3. The van der Waals surface area contributed by atoms with Crippen LogP contribution in [-0.4, -0.2) is 36.0 Å². The quantitative estimate of drug-likeness (QED) is 0.918. The summed E-state index contributed by atoms with van der Waals surface area (Å²) in [7, 11) is 0. The van der Waals surface area contributed by atoms with Gasteiger partial charge in [-0.2, -0.15) is 0 Å². The average molecular weight is 274 g/mol. The summed E-state index contributed by atoms with van der Waals surface area (Å²) < 4.78 is 0. The standard InChI is InChI=1S/C17H26N2O/c1-17(2,3)18-11-8-16(20)19-12-9-14-6-4-5-7-15(14)10-13-19/h4-7,18H,8-13H2,1-3H3. The monoisotopic (exact) mass is 274 g/mol. The van der Waals surface area contributed by atoms with Gasteiger partial charge in [-0.1, -0.05) is 24.3 Å². The van der Waals surface area contributed by atoms with Gasteiger partial charge in [0, 0.05) is 31.6 Å². The van der Waals surface area contributed by atoms with Crippen molar-refractivity contribution in [3.63, 3.8) is 0 Å². The van der Waals surface area contributed by atoms with Crippen LogP contribution >= 0.6 is 0 Å². The van der Waals surface area contributed by atoms with Crippen LogP contribution in [0.2, 0.25) is 0 Å². The van der Waals surface area contributed by atoms with Gasteiger partial charge in [0.2, 0.25) is 5.91 Å². The number of benzene rings is 1. The fourth-order valence-electron chi connectivity index (χ4n) is 2.62. The molecule has 0 fully saturated rings. The van der Waals surface area contributed by atoms with Gasteiger partial charge in [0.1, 0.15) is 0 Å². The van der Waals surface area contributed by atoms with Gasteiger partial charge in [-0.25, -0.2) is 0 Å². The fourth-order valence-corrected chi connectivity index (χ4v) is 2.62. The Bertz CT molecular complexity index is 435. The lowest BCUT2D eigenvalue weighted by Crippen LogP contribution is -2.40. The Hall–Kier alpha value is -1.35. The lowest BCUT2D eigenvalue weighted by atomic mass is 10.0. The van der Waals surface area contributed by atoms with E-state index in [-0.39, 0.29) is 11.4 Å². The number of nitrogens with one attached hydrogen (secondary N) is 1. The lowest BCUT2D eigenvalue weighted by molar-refractivity contribution is -0.131. The number of fused-ring (bicyclic) bond motifs is 1. The summed E-state index contributed by atoms with van der Waals surface area (Å²) in [6, 6.07) is 8.54. The highest BCUT2D eigenvalue weighted by molar-refractivity contribution is 5.76. The molecule has 20 heavy (non-hydrogen) atoms. The highest BCUT2D eigenvalue weighted by Gasteiger charge is 2.18. The molecule has 3 nitrogen and oxygen atoms in total. The van der Waals surface area contributed by atoms with Crippen LogP contribution < -0.4 is 5.32 Å². The smallest absolute Gasteiger partial charge is 0.223 e. The molecule has 0 radical (unpaired) electrons. The molecule has 1 amide bonds. The Morgan fingerprint density at radius 1 is 1.15 bits per heavy atom. The molecule has 0 aliphatic carbocycles. The first kappa shape index (κ1) is 15.0. The number of hydrogen-bond donors (Lipinski definition) is 1. The third-order valence-electron chi connectivity index (χ3n) is 3.77. The molecule has 3 heteroatoms. The Labute approximate surface area is 122 Å². The molecule has 1 aliphatic heterocycles. The van der Waals surface area contributed by atoms with Crippen molar-refractivity contribution in [1.29, 1.82) is 0 Å². The molecular formula is C17H26N2O. The van der Waals surface area contributed by atoms with E-state index in [1.807, 2.05) is 4.90 Å². The van der Waals surface area contributed by atoms with E-state index >= 15 is 0 Å². The van der Waals surface area contributed by atoms with Gasteiger partial charge in [0.25, 0.3) is 0 Å². The maximum Gasteiger partial charge on any atom is 0.223 e. The molecule has 1 heterocycles. The van der Waals surface area contributed by atoms with E-state index < -0.39 is 0 Å². The second-order valence-electron chi connectivity index (χ2n) is 6.58. The second-order valence-corrected chi connectivity index (χ2v) is 6.58. The van der Waals surface area contributed by atoms with Crippen LogP contribution in [0.3, 0.4) is 0 Å². The van der Waals surface area contributed by atoms with Crippen LogP contribution in [-0.2, 0) is 17.6 Å². The number of rotatable bonds is 3. The predicted octanol–water partition coefficient (Wildman–Crippen LogP) is 2.39. The van der Waals surface area contributed by atoms with E-state index in [0.29, 0.717) is 6.42 Å². The molecule has 2 rings (SSSR count). The first-order valence-corrected chi connectivity index (χ1v) is 7.55. The number of hydrogen-bond acceptors (Lipinski definition) is 2. The van der Waals surface area contributed by atoms with E-state index in [2.05, 4.69) is 50.4 Å². The minimum Gasteiger partial charge on any atom is -0.342 e. The summed E-state index contributed by atoms with van der Waals surface area (Å²) in [5, 5.41) is 3.38. The molecule has 0 unspecified atom stereocenters. The van der Waals surface area contributed by atoms with E-state index in [9.17, 15) is 4.79 Å². The molecule has 0 saturated heterocycles. The van der Waals surface area contributed by atoms with E-state index in [4.69, 9.17) is 0 Å². The summed E-state index contributed by atoms with van der Waals surface area (Å²) in [5.41, 5.74) is 2.88. The third kappa shape index (κ3) is 4.34. The topological polar surface area (TPSA) is 32.3 Å². The maximum absolute atomic E-state index is 12.3. The van der Waals surface area contributed by atoms with Gasteiger partial charge in [0.15, 0.2) is 0 Å². The Balaban J connectivity index is 1.84. The first-order chi connectivity index (χ1) is 9.46. The molecule has 1 aliphatic rings. The van der Waals surface area contributed by atoms with Gasteiger partial charge in [0.05, 0.1) is 0 Å². The van der Waals surface area contributed by atoms with Gasteiger partial charge in [-0.05, 0) is 44.7 Å². The number of carbonyl (C=O) groups excluding carboxylic acids is 1. The Kier molecular flexibility index (Phi) is 4.81. The molecule has 0 spiro atoms. The molecule has 110 valence electrons. The van der Waals surface area contributed by atoms with Crippen LogP contribution in [0.15, 0.2) is 24.3 Å². The van der Waals surface area contributed by atoms with Crippen molar-refractivity contribution in [3.05, 3.63) is 35.4 Å². The molecule has 0 bridgehead atoms. The first-order valence-electron chi connectivity index (χ1n) is 7.55. The highest BCUT2D eigenvalue weighted by atomic mass is 16.2. The summed E-state index contributed by atoms with van der Waals surface area (Å²) in [5.74, 6) is 0.273. The van der Waals surface area contributed by atoms with Crippen molar-refractivity contribution in [2.75, 3.05) is 19.6 Å². The van der Waals surface area contributed by atoms with Crippen molar-refractivity contribution in [3.8, 4) is 0 Å². The largest absolute Gasteiger partial charge is 0.342 e. The van der Waals surface area contributed by atoms with Crippen LogP contribution in [0.25, 0.3) is 0 Å². The zero-order valence-electron chi connectivity index (χ0n) is 12.9. The van der Waals surface area contributed by atoms with Crippen molar-refractivity contribution < 1.29 is 4.79 Å². The van der Waals surface area contributed by atoms with Gasteiger partial charge in [-0.15, -0.1) is 0 Å². The SMILES string of the molecule is CC(C)(C)NCCC(=O)N1CCc2ccccc2CC1. The van der Waals surface area contributed by atoms with Crippen molar-refractivity contribution in [1.82, 2.24) is 10.2 Å². The van der Waals surface area contributed by atoms with Crippen LogP contribution in [0.1, 0.15) is 38.3 Å². The normalized spacial score (nSPS) is 15.7. The minimum atomic E-state index is 0.0787. The third-order valence-corrected chi connectivity index (χ3v) is 3.77. The fraction of sp³-hybridized carbons (Fsp3) is 0.588. The van der Waals surface area contributed by atoms with E-state index in [1.54, 1.807) is 0 Å². The van der Waals surface area contributed by atoms with Crippen molar-refractivity contribution >= 4 is 5.91 Å². The molecule has 1 aromatic carbocycles. The van der Waals surface area contributed by atoms with Crippen LogP contribution in [0.5, 0.6) is 0 Å². The molecular weight excluding hydrogens is 248 g/mol. The van der Waals surface area contributed by atoms with Crippen molar-refractivity contribution in [2.45, 2.75) is 45.6 Å². The average Bonchev–Trinajstić information content (AvgIpc) is 2.59. The molecule has 1 aromatic rings. The van der Waals surface area contributed by atoms with Gasteiger partial charge >= 0.3 is 0 Å². The lowest BCUT2D eigenvalue weighted by Gasteiger charge is -2.23. The highest BCUT2D eigenvalue weighted by Crippen LogP contribution is 2.15. The molecule has 0 saturated carbocycles. The van der Waals surface area contributed by atoms with Crippen LogP contribution in [0, 0.1) is 0 Å². The molecule has 1 N–H and O–H groups in total. The van der Waals surface area contributed by atoms with Gasteiger partial charge < -0.3 is 10.2 Å². The Morgan fingerprint density at radius 3 is 2.20 bits per heavy atom. The zero-order valence-corrected chi connectivity index (χ0v) is 12.9. The van der Waals surface area contributed by atoms with E-state index in [1.165, 1.54) is 11.1 Å². The zero-order chi connectivity index (χ0) is 14.6. The van der Waals surface area contributed by atoms with Crippen molar-refractivity contribution in [2.24, 2.45) is 0 Å². The van der Waals surface area contributed by atoms with E-state index in [0.717, 1.165) is 32.5 Å². The molecule has 0 atom stereocenters. The summed E-state index contributed by atoms with van der Waals surface area (Å²) in [6.07, 6.45) is 2.55. The number of carbonyl (C=O) groups is 1. The number of nitrogens with zero attached hydrogens (tertiary/aromatic N) is 1. The summed E-state index contributed by atoms with van der Waals surface area (Å²) in [4.78, 5) is 14.3. The van der Waals surface area contributed by atoms with Gasteiger partial charge in [-0.3, -0.25) is 4.79 Å². The number of amides is 1.